The zero-order chi connectivity index (χ0) is 16.0. The molecule has 1 rings (SSSR count). The van der Waals surface area contributed by atoms with Crippen molar-refractivity contribution in [3.63, 3.8) is 0 Å². The van der Waals surface area contributed by atoms with Gasteiger partial charge < -0.3 is 11.1 Å². The number of sulfonamides is 1. The van der Waals surface area contributed by atoms with E-state index in [1.54, 1.807) is 32.2 Å². The number of amides is 1. The summed E-state index contributed by atoms with van der Waals surface area (Å²) in [4.78, 5) is 12.0. The molecule has 0 radical (unpaired) electrons. The molecular weight excluding hydrogens is 326 g/mol. The molecule has 6 nitrogen and oxygen atoms in total. The number of hydrogen-bond donors (Lipinski definition) is 2. The average molecular weight is 350 g/mol. The van der Waals surface area contributed by atoms with E-state index in [9.17, 15) is 13.2 Å². The third kappa shape index (κ3) is 5.82. The molecule has 0 atom stereocenters. The van der Waals surface area contributed by atoms with Gasteiger partial charge in [0.25, 0.3) is 5.91 Å². The molecule has 3 N–H and O–H groups in total. The van der Waals surface area contributed by atoms with Crippen LogP contribution in [0, 0.1) is 6.92 Å². The summed E-state index contributed by atoms with van der Waals surface area (Å²) in [5.41, 5.74) is 7.61. The van der Waals surface area contributed by atoms with Crippen LogP contribution in [-0.2, 0) is 10.0 Å². The predicted octanol–water partition coefficient (Wildman–Crippen LogP) is 1.40. The Bertz CT molecular complexity index is 605. The first-order valence-electron chi connectivity index (χ1n) is 6.86. The smallest absolute Gasteiger partial charge is 0.251 e. The largest absolute Gasteiger partial charge is 0.399 e. The first-order valence-corrected chi connectivity index (χ1v) is 8.47. The lowest BCUT2D eigenvalue weighted by molar-refractivity contribution is 0.0952. The van der Waals surface area contributed by atoms with E-state index in [1.807, 2.05) is 6.92 Å². The highest BCUT2D eigenvalue weighted by Gasteiger charge is 2.14. The number of benzene rings is 1. The van der Waals surface area contributed by atoms with Crippen LogP contribution in [0.15, 0.2) is 18.2 Å². The van der Waals surface area contributed by atoms with Crippen molar-refractivity contribution in [1.29, 1.82) is 0 Å². The maximum atomic E-state index is 12.0. The van der Waals surface area contributed by atoms with Gasteiger partial charge in [-0.1, -0.05) is 6.07 Å². The topological polar surface area (TPSA) is 92.5 Å². The number of anilines is 1. The number of nitrogens with zero attached hydrogens (tertiary/aromatic N) is 1. The van der Waals surface area contributed by atoms with Gasteiger partial charge in [-0.2, -0.15) is 0 Å². The summed E-state index contributed by atoms with van der Waals surface area (Å²) in [6.45, 7) is 4.25. The fraction of sp³-hybridized carbons (Fsp3) is 0.500. The maximum absolute atomic E-state index is 12.0. The highest BCUT2D eigenvalue weighted by atomic mass is 35.5. The van der Waals surface area contributed by atoms with Gasteiger partial charge in [-0.3, -0.25) is 4.79 Å². The number of aryl methyl sites for hydroxylation is 1. The Morgan fingerprint density at radius 3 is 2.59 bits per heavy atom. The average Bonchev–Trinajstić information content (AvgIpc) is 2.45. The van der Waals surface area contributed by atoms with E-state index in [-0.39, 0.29) is 24.1 Å². The highest BCUT2D eigenvalue weighted by Crippen LogP contribution is 2.12. The molecule has 1 aromatic carbocycles. The molecule has 8 heteroatoms. The zero-order valence-electron chi connectivity index (χ0n) is 13.1. The van der Waals surface area contributed by atoms with Crippen LogP contribution < -0.4 is 11.1 Å². The van der Waals surface area contributed by atoms with Gasteiger partial charge in [0, 0.05) is 31.4 Å². The normalized spacial score (nSPS) is 11.1. The van der Waals surface area contributed by atoms with Crippen LogP contribution in [-0.4, -0.2) is 44.5 Å². The van der Waals surface area contributed by atoms with E-state index in [4.69, 9.17) is 5.73 Å². The number of carbonyl (C=O) groups excluding carboxylic acids is 1. The van der Waals surface area contributed by atoms with E-state index >= 15 is 0 Å². The van der Waals surface area contributed by atoms with E-state index in [2.05, 4.69) is 5.32 Å². The standard InChI is InChI=1S/C14H23N3O3S.ClH/c1-4-21(19,20)17(3)9-5-8-16-14(18)13-10-12(15)7-6-11(13)2;/h6-7,10H,4-5,8-9,15H2,1-3H3,(H,16,18);1H. The number of carbonyl (C=O) groups is 1. The van der Waals surface area contributed by atoms with Crippen molar-refractivity contribution in [2.24, 2.45) is 0 Å². The first-order chi connectivity index (χ1) is 9.77. The van der Waals surface area contributed by atoms with E-state index in [1.165, 1.54) is 4.31 Å². The molecule has 0 spiro atoms. The van der Waals surface area contributed by atoms with E-state index in [0.29, 0.717) is 30.8 Å². The number of halogens is 1. The Kier molecular flexibility index (Phi) is 8.44. The molecule has 0 saturated heterocycles. The van der Waals surface area contributed by atoms with Crippen LogP contribution in [0.2, 0.25) is 0 Å². The Hall–Kier alpha value is -1.31. The molecule has 0 unspecified atom stereocenters. The molecule has 1 aromatic rings. The predicted molar refractivity (Wildman–Crippen MR) is 91.9 cm³/mol. The van der Waals surface area contributed by atoms with Crippen molar-refractivity contribution >= 4 is 34.0 Å². The minimum Gasteiger partial charge on any atom is -0.399 e. The van der Waals surface area contributed by atoms with Crippen LogP contribution >= 0.6 is 12.4 Å². The van der Waals surface area contributed by atoms with Gasteiger partial charge in [-0.15, -0.1) is 12.4 Å². The molecule has 0 bridgehead atoms. The molecule has 0 aliphatic carbocycles. The summed E-state index contributed by atoms with van der Waals surface area (Å²) in [5.74, 6) is -0.112. The lowest BCUT2D eigenvalue weighted by Crippen LogP contribution is -2.32. The molecule has 0 aromatic heterocycles. The summed E-state index contributed by atoms with van der Waals surface area (Å²) < 4.78 is 24.4. The quantitative estimate of drug-likeness (QED) is 0.575. The van der Waals surface area contributed by atoms with Gasteiger partial charge in [0.05, 0.1) is 5.75 Å². The second-order valence-corrected chi connectivity index (χ2v) is 7.27. The first kappa shape index (κ1) is 20.7. The van der Waals surface area contributed by atoms with Crippen LogP contribution in [0.1, 0.15) is 29.3 Å². The number of nitrogens with one attached hydrogen (secondary N) is 1. The van der Waals surface area contributed by atoms with Crippen molar-refractivity contribution in [3.8, 4) is 0 Å². The van der Waals surface area contributed by atoms with Crippen molar-refractivity contribution in [1.82, 2.24) is 9.62 Å². The van der Waals surface area contributed by atoms with E-state index in [0.717, 1.165) is 5.56 Å². The van der Waals surface area contributed by atoms with Gasteiger partial charge in [0.1, 0.15) is 0 Å². The van der Waals surface area contributed by atoms with Crippen LogP contribution in [0.5, 0.6) is 0 Å². The Morgan fingerprint density at radius 2 is 2.00 bits per heavy atom. The molecule has 0 aliphatic heterocycles. The Balaban J connectivity index is 0.00000441. The fourth-order valence-electron chi connectivity index (χ4n) is 1.84. The lowest BCUT2D eigenvalue weighted by atomic mass is 10.1. The van der Waals surface area contributed by atoms with Crippen LogP contribution in [0.25, 0.3) is 0 Å². The van der Waals surface area contributed by atoms with Crippen molar-refractivity contribution < 1.29 is 13.2 Å². The van der Waals surface area contributed by atoms with Crippen LogP contribution in [0.3, 0.4) is 0 Å². The van der Waals surface area contributed by atoms with Crippen molar-refractivity contribution in [2.75, 3.05) is 31.6 Å². The van der Waals surface area contributed by atoms with Crippen molar-refractivity contribution in [2.45, 2.75) is 20.3 Å². The summed E-state index contributed by atoms with van der Waals surface area (Å²) in [7, 11) is -1.61. The second kappa shape index (κ2) is 8.97. The molecule has 1 amide bonds. The maximum Gasteiger partial charge on any atom is 0.251 e. The van der Waals surface area contributed by atoms with Gasteiger partial charge in [-0.05, 0) is 38.0 Å². The molecule has 0 fully saturated rings. The third-order valence-corrected chi connectivity index (χ3v) is 5.14. The Labute approximate surface area is 138 Å². The summed E-state index contributed by atoms with van der Waals surface area (Å²) in [5, 5.41) is 2.78. The number of hydrogen-bond acceptors (Lipinski definition) is 4. The van der Waals surface area contributed by atoms with Crippen LogP contribution in [0.4, 0.5) is 5.69 Å². The number of nitrogens with two attached hydrogens (primary N) is 1. The number of rotatable bonds is 7. The monoisotopic (exact) mass is 349 g/mol. The van der Waals surface area contributed by atoms with E-state index < -0.39 is 10.0 Å². The molecule has 22 heavy (non-hydrogen) atoms. The number of nitrogen functional groups attached to an aromatic ring is 1. The lowest BCUT2D eigenvalue weighted by Gasteiger charge is -2.16. The SMILES string of the molecule is CCS(=O)(=O)N(C)CCCNC(=O)c1cc(N)ccc1C.Cl. The van der Waals surface area contributed by atoms with Gasteiger partial charge in [0.15, 0.2) is 0 Å². The van der Waals surface area contributed by atoms with Crippen molar-refractivity contribution in [3.05, 3.63) is 29.3 Å². The highest BCUT2D eigenvalue weighted by molar-refractivity contribution is 7.89. The van der Waals surface area contributed by atoms with Gasteiger partial charge in [0.2, 0.25) is 10.0 Å². The Morgan fingerprint density at radius 1 is 1.36 bits per heavy atom. The minimum absolute atomic E-state index is 0. The summed E-state index contributed by atoms with van der Waals surface area (Å²) in [6, 6.07) is 5.18. The molecule has 0 heterocycles. The zero-order valence-corrected chi connectivity index (χ0v) is 14.8. The molecular formula is C14H24ClN3O3S. The minimum atomic E-state index is -3.16. The summed E-state index contributed by atoms with van der Waals surface area (Å²) in [6.07, 6.45) is 0.558. The third-order valence-electron chi connectivity index (χ3n) is 3.28. The van der Waals surface area contributed by atoms with Gasteiger partial charge >= 0.3 is 0 Å². The second-order valence-electron chi connectivity index (χ2n) is 4.91. The molecule has 0 saturated carbocycles. The molecule has 126 valence electrons. The molecule has 0 aliphatic rings. The fourth-order valence-corrected chi connectivity index (χ4v) is 2.69. The van der Waals surface area contributed by atoms with Gasteiger partial charge in [-0.25, -0.2) is 12.7 Å². The summed E-state index contributed by atoms with van der Waals surface area (Å²) >= 11 is 0.